The van der Waals surface area contributed by atoms with Crippen LogP contribution in [0.1, 0.15) is 50.7 Å². The van der Waals surface area contributed by atoms with Crippen LogP contribution in [0.3, 0.4) is 0 Å². The summed E-state index contributed by atoms with van der Waals surface area (Å²) in [7, 11) is 0. The van der Waals surface area contributed by atoms with Crippen LogP contribution < -0.4 is 0 Å². The Morgan fingerprint density at radius 3 is 2.68 bits per heavy atom. The molecule has 0 radical (unpaired) electrons. The first kappa shape index (κ1) is 18.8. The third kappa shape index (κ3) is 4.63. The van der Waals surface area contributed by atoms with Gasteiger partial charge in [-0.2, -0.15) is 5.26 Å². The van der Waals surface area contributed by atoms with Gasteiger partial charge >= 0.3 is 0 Å². The smallest absolute Gasteiger partial charge is 0.188 e. The summed E-state index contributed by atoms with van der Waals surface area (Å²) >= 11 is 12.1. The monoisotopic (exact) mass is 340 g/mol. The zero-order valence-electron chi connectivity index (χ0n) is 13.2. The van der Waals surface area contributed by atoms with Crippen molar-refractivity contribution in [3.8, 4) is 6.07 Å². The summed E-state index contributed by atoms with van der Waals surface area (Å²) < 4.78 is 5.38. The van der Waals surface area contributed by atoms with Crippen LogP contribution in [-0.2, 0) is 10.2 Å². The van der Waals surface area contributed by atoms with E-state index in [4.69, 9.17) is 33.3 Å². The molecule has 0 aliphatic rings. The van der Waals surface area contributed by atoms with E-state index >= 15 is 0 Å². The van der Waals surface area contributed by atoms with Crippen LogP contribution in [0.2, 0.25) is 5.02 Å². The molecule has 22 heavy (non-hydrogen) atoms. The van der Waals surface area contributed by atoms with Gasteiger partial charge in [0.05, 0.1) is 24.0 Å². The lowest BCUT2D eigenvalue weighted by Gasteiger charge is -2.23. The van der Waals surface area contributed by atoms with E-state index in [1.807, 2.05) is 32.9 Å². The quantitative estimate of drug-likeness (QED) is 0.418. The summed E-state index contributed by atoms with van der Waals surface area (Å²) in [6, 6.07) is 7.86. The molecule has 1 rings (SSSR count). The van der Waals surface area contributed by atoms with Crippen LogP contribution >= 0.6 is 23.2 Å². The van der Waals surface area contributed by atoms with Crippen LogP contribution in [0.25, 0.3) is 0 Å². The van der Waals surface area contributed by atoms with Gasteiger partial charge in [0, 0.05) is 10.9 Å². The number of benzene rings is 1. The van der Waals surface area contributed by atoms with Gasteiger partial charge in [-0.1, -0.05) is 23.7 Å². The second-order valence-corrected chi connectivity index (χ2v) is 6.44. The second-order valence-electron chi connectivity index (χ2n) is 5.65. The van der Waals surface area contributed by atoms with Crippen molar-refractivity contribution in [3.63, 3.8) is 0 Å². The average Bonchev–Trinajstić information content (AvgIpc) is 2.49. The second kappa shape index (κ2) is 8.41. The summed E-state index contributed by atoms with van der Waals surface area (Å²) in [5.74, 6) is 0.485. The lowest BCUT2D eigenvalue weighted by Crippen LogP contribution is -2.19. The number of halogens is 2. The van der Waals surface area contributed by atoms with Gasteiger partial charge in [0.1, 0.15) is 0 Å². The molecule has 3 nitrogen and oxygen atoms in total. The number of alkyl halides is 1. The Kier molecular flexibility index (Phi) is 7.19. The van der Waals surface area contributed by atoms with Crippen LogP contribution in [0, 0.1) is 16.7 Å². The Hall–Kier alpha value is -1.24. The van der Waals surface area contributed by atoms with E-state index in [0.29, 0.717) is 23.9 Å². The molecule has 0 fully saturated rings. The Labute approximate surface area is 142 Å². The maximum absolute atomic E-state index is 9.31. The number of nitrogens with one attached hydrogen (secondary N) is 1. The first-order chi connectivity index (χ1) is 10.4. The molecule has 0 aliphatic carbocycles. The standard InChI is InChI=1S/C17H22Cl2N2O/c1-4-22-16(21)13(6-5-9-18)14-10-12(7-8-15(14)19)17(2,3)11-20/h7-8,10,13,21H,4-6,9H2,1-3H3. The first-order valence-electron chi connectivity index (χ1n) is 7.35. The molecule has 0 amide bonds. The van der Waals surface area contributed by atoms with Gasteiger partial charge in [0.15, 0.2) is 5.90 Å². The van der Waals surface area contributed by atoms with Crippen molar-refractivity contribution in [3.05, 3.63) is 34.3 Å². The Bertz CT molecular complexity index is 564. The molecular formula is C17H22Cl2N2O. The summed E-state index contributed by atoms with van der Waals surface area (Å²) in [4.78, 5) is 0. The Morgan fingerprint density at radius 1 is 1.45 bits per heavy atom. The van der Waals surface area contributed by atoms with E-state index in [9.17, 15) is 5.26 Å². The van der Waals surface area contributed by atoms with Crippen molar-refractivity contribution in [2.24, 2.45) is 0 Å². The summed E-state index contributed by atoms with van der Waals surface area (Å²) in [6.07, 6.45) is 1.46. The molecule has 0 aliphatic heterocycles. The van der Waals surface area contributed by atoms with Crippen LogP contribution in [0.15, 0.2) is 18.2 Å². The van der Waals surface area contributed by atoms with Crippen molar-refractivity contribution in [1.82, 2.24) is 0 Å². The Morgan fingerprint density at radius 2 is 2.14 bits per heavy atom. The zero-order valence-corrected chi connectivity index (χ0v) is 14.8. The lowest BCUT2D eigenvalue weighted by molar-refractivity contribution is 0.305. The van der Waals surface area contributed by atoms with Crippen molar-refractivity contribution < 1.29 is 4.74 Å². The molecule has 0 bridgehead atoms. The van der Waals surface area contributed by atoms with Crippen LogP contribution in [0.5, 0.6) is 0 Å². The molecule has 0 saturated heterocycles. The lowest BCUT2D eigenvalue weighted by atomic mass is 9.83. The minimum atomic E-state index is -0.607. The van der Waals surface area contributed by atoms with E-state index in [-0.39, 0.29) is 11.8 Å². The van der Waals surface area contributed by atoms with Gasteiger partial charge in [0.25, 0.3) is 0 Å². The molecule has 1 aromatic rings. The van der Waals surface area contributed by atoms with E-state index < -0.39 is 5.41 Å². The fraction of sp³-hybridized carbons (Fsp3) is 0.529. The molecule has 5 heteroatoms. The molecular weight excluding hydrogens is 319 g/mol. The van der Waals surface area contributed by atoms with E-state index in [1.165, 1.54) is 0 Å². The van der Waals surface area contributed by atoms with Gasteiger partial charge in [0.2, 0.25) is 0 Å². The number of nitriles is 1. The summed E-state index contributed by atoms with van der Waals surface area (Å²) in [5, 5.41) is 18.0. The number of hydrogen-bond donors (Lipinski definition) is 1. The minimum Gasteiger partial charge on any atom is -0.481 e. The van der Waals surface area contributed by atoms with E-state index in [0.717, 1.165) is 17.5 Å². The van der Waals surface area contributed by atoms with Crippen molar-refractivity contribution in [2.45, 2.75) is 44.9 Å². The van der Waals surface area contributed by atoms with Gasteiger partial charge in [-0.3, -0.25) is 5.41 Å². The molecule has 1 unspecified atom stereocenters. The minimum absolute atomic E-state index is 0.196. The maximum Gasteiger partial charge on any atom is 0.188 e. The molecule has 1 atom stereocenters. The fourth-order valence-corrected chi connectivity index (χ4v) is 2.63. The van der Waals surface area contributed by atoms with Crippen LogP contribution in [-0.4, -0.2) is 18.4 Å². The maximum atomic E-state index is 9.31. The topological polar surface area (TPSA) is 56.9 Å². The highest BCUT2D eigenvalue weighted by Gasteiger charge is 2.25. The van der Waals surface area contributed by atoms with Gasteiger partial charge in [-0.05, 0) is 50.8 Å². The fourth-order valence-electron chi connectivity index (χ4n) is 2.23. The predicted octanol–water partition coefficient (Wildman–Crippen LogP) is 5.26. The first-order valence-corrected chi connectivity index (χ1v) is 8.27. The number of rotatable bonds is 7. The van der Waals surface area contributed by atoms with Crippen molar-refractivity contribution >= 4 is 29.1 Å². The molecule has 0 heterocycles. The molecule has 1 N–H and O–H groups in total. The van der Waals surface area contributed by atoms with Crippen molar-refractivity contribution in [1.29, 1.82) is 10.7 Å². The predicted molar refractivity (Wildman–Crippen MR) is 92.1 cm³/mol. The zero-order chi connectivity index (χ0) is 16.8. The van der Waals surface area contributed by atoms with Gasteiger partial charge < -0.3 is 4.74 Å². The van der Waals surface area contributed by atoms with Crippen LogP contribution in [0.4, 0.5) is 0 Å². The molecule has 120 valence electrons. The third-order valence-electron chi connectivity index (χ3n) is 3.62. The summed E-state index contributed by atoms with van der Waals surface area (Å²) in [5.41, 5.74) is 1.10. The Balaban J connectivity index is 3.26. The largest absolute Gasteiger partial charge is 0.481 e. The number of ether oxygens (including phenoxy) is 1. The number of hydrogen-bond acceptors (Lipinski definition) is 3. The molecule has 0 aromatic heterocycles. The molecule has 1 aromatic carbocycles. The van der Waals surface area contributed by atoms with Crippen molar-refractivity contribution in [2.75, 3.05) is 12.5 Å². The highest BCUT2D eigenvalue weighted by molar-refractivity contribution is 6.31. The highest BCUT2D eigenvalue weighted by atomic mass is 35.5. The van der Waals surface area contributed by atoms with E-state index in [2.05, 4.69) is 6.07 Å². The van der Waals surface area contributed by atoms with E-state index in [1.54, 1.807) is 6.07 Å². The average molecular weight is 341 g/mol. The number of nitrogens with zero attached hydrogens (tertiary/aromatic N) is 1. The summed E-state index contributed by atoms with van der Waals surface area (Å²) in [6.45, 7) is 6.02. The normalized spacial score (nSPS) is 12.5. The van der Waals surface area contributed by atoms with Gasteiger partial charge in [-0.25, -0.2) is 0 Å². The third-order valence-corrected chi connectivity index (χ3v) is 4.23. The van der Waals surface area contributed by atoms with Gasteiger partial charge in [-0.15, -0.1) is 11.6 Å². The molecule has 0 spiro atoms. The molecule has 0 saturated carbocycles. The highest BCUT2D eigenvalue weighted by Crippen LogP contribution is 2.34. The SMILES string of the molecule is CCOC(=N)C(CCCCl)c1cc(C(C)(C)C#N)ccc1Cl.